The third-order valence-electron chi connectivity index (χ3n) is 6.83. The smallest absolute Gasteiger partial charge is 0.243 e. The van der Waals surface area contributed by atoms with E-state index in [0.29, 0.717) is 50.5 Å². The summed E-state index contributed by atoms with van der Waals surface area (Å²) in [7, 11) is 1.63. The number of rotatable bonds is 14. The molecule has 1 saturated carbocycles. The van der Waals surface area contributed by atoms with Crippen LogP contribution in [0.3, 0.4) is 0 Å². The van der Waals surface area contributed by atoms with Gasteiger partial charge >= 0.3 is 0 Å². The summed E-state index contributed by atoms with van der Waals surface area (Å²) in [6.45, 7) is 7.30. The first kappa shape index (κ1) is 28.4. The van der Waals surface area contributed by atoms with E-state index in [-0.39, 0.29) is 17.9 Å². The Labute approximate surface area is 221 Å². The SMILES string of the molecule is CCOc1ccc(CCC(=O)N(Cc2ccc(OC)cc2)[C@H](CC)C(=O)NC2CCCC2)cc1OCC. The first-order valence-electron chi connectivity index (χ1n) is 13.6. The van der Waals surface area contributed by atoms with Crippen LogP contribution in [0.25, 0.3) is 0 Å². The number of methoxy groups -OCH3 is 1. The van der Waals surface area contributed by atoms with Crippen LogP contribution < -0.4 is 19.5 Å². The Kier molecular flexibility index (Phi) is 11.1. The van der Waals surface area contributed by atoms with Gasteiger partial charge in [0, 0.05) is 19.0 Å². The average molecular weight is 511 g/mol. The summed E-state index contributed by atoms with van der Waals surface area (Å²) in [5.74, 6) is 2.04. The monoisotopic (exact) mass is 510 g/mol. The molecule has 1 aliphatic carbocycles. The van der Waals surface area contributed by atoms with Crippen LogP contribution in [-0.4, -0.2) is 49.1 Å². The predicted octanol–water partition coefficient (Wildman–Crippen LogP) is 5.29. The van der Waals surface area contributed by atoms with Crippen LogP contribution in [0.2, 0.25) is 0 Å². The highest BCUT2D eigenvalue weighted by molar-refractivity contribution is 5.88. The average Bonchev–Trinajstić information content (AvgIpc) is 3.42. The molecule has 0 unspecified atom stereocenters. The van der Waals surface area contributed by atoms with Crippen molar-refractivity contribution >= 4 is 11.8 Å². The van der Waals surface area contributed by atoms with Gasteiger partial charge in [-0.1, -0.05) is 38.0 Å². The molecule has 3 rings (SSSR count). The highest BCUT2D eigenvalue weighted by Gasteiger charge is 2.30. The van der Waals surface area contributed by atoms with Crippen molar-refractivity contribution in [1.82, 2.24) is 10.2 Å². The van der Waals surface area contributed by atoms with Gasteiger partial charge in [0.1, 0.15) is 11.8 Å². The molecule has 2 amide bonds. The highest BCUT2D eigenvalue weighted by atomic mass is 16.5. The van der Waals surface area contributed by atoms with Crippen molar-refractivity contribution in [3.63, 3.8) is 0 Å². The lowest BCUT2D eigenvalue weighted by molar-refractivity contribution is -0.141. The predicted molar refractivity (Wildman–Crippen MR) is 145 cm³/mol. The van der Waals surface area contributed by atoms with E-state index in [2.05, 4.69) is 5.32 Å². The van der Waals surface area contributed by atoms with Crippen LogP contribution in [0.4, 0.5) is 0 Å². The van der Waals surface area contributed by atoms with Crippen molar-refractivity contribution < 1.29 is 23.8 Å². The van der Waals surface area contributed by atoms with Gasteiger partial charge in [0.05, 0.1) is 20.3 Å². The molecule has 0 radical (unpaired) electrons. The molecule has 0 aliphatic heterocycles. The molecule has 0 heterocycles. The molecule has 7 nitrogen and oxygen atoms in total. The fourth-order valence-electron chi connectivity index (χ4n) is 4.86. The number of nitrogens with one attached hydrogen (secondary N) is 1. The van der Waals surface area contributed by atoms with Crippen LogP contribution >= 0.6 is 0 Å². The number of hydrogen-bond donors (Lipinski definition) is 1. The quantitative estimate of drug-likeness (QED) is 0.374. The minimum absolute atomic E-state index is 0.0453. The first-order chi connectivity index (χ1) is 18.0. The molecule has 0 saturated heterocycles. The number of carbonyl (C=O) groups is 2. The van der Waals surface area contributed by atoms with Crippen molar-refractivity contribution in [2.45, 2.75) is 84.3 Å². The molecule has 0 aromatic heterocycles. The summed E-state index contributed by atoms with van der Waals surface area (Å²) < 4.78 is 16.7. The zero-order valence-electron chi connectivity index (χ0n) is 22.8. The number of amides is 2. The third kappa shape index (κ3) is 8.14. The Morgan fingerprint density at radius 3 is 2.22 bits per heavy atom. The van der Waals surface area contributed by atoms with Crippen LogP contribution in [0.1, 0.15) is 70.4 Å². The maximum Gasteiger partial charge on any atom is 0.243 e. The van der Waals surface area contributed by atoms with E-state index < -0.39 is 6.04 Å². The van der Waals surface area contributed by atoms with Gasteiger partial charge in [-0.15, -0.1) is 0 Å². The number of hydrogen-bond acceptors (Lipinski definition) is 5. The van der Waals surface area contributed by atoms with Gasteiger partial charge in [-0.3, -0.25) is 9.59 Å². The topological polar surface area (TPSA) is 77.1 Å². The van der Waals surface area contributed by atoms with Crippen molar-refractivity contribution in [3.8, 4) is 17.2 Å². The lowest BCUT2D eigenvalue weighted by Gasteiger charge is -2.31. The Bertz CT molecular complexity index is 1000. The summed E-state index contributed by atoms with van der Waals surface area (Å²) in [6.07, 6.45) is 5.69. The van der Waals surface area contributed by atoms with E-state index in [0.717, 1.165) is 42.6 Å². The van der Waals surface area contributed by atoms with Gasteiger partial charge < -0.3 is 24.4 Å². The second-order valence-corrected chi connectivity index (χ2v) is 9.43. The molecule has 202 valence electrons. The van der Waals surface area contributed by atoms with E-state index in [9.17, 15) is 9.59 Å². The summed E-state index contributed by atoms with van der Waals surface area (Å²) >= 11 is 0. The maximum atomic E-state index is 13.6. The van der Waals surface area contributed by atoms with Crippen LogP contribution in [-0.2, 0) is 22.6 Å². The van der Waals surface area contributed by atoms with E-state index in [1.54, 1.807) is 12.0 Å². The number of aryl methyl sites for hydroxylation is 1. The van der Waals surface area contributed by atoms with Crippen molar-refractivity contribution in [1.29, 1.82) is 0 Å². The Hall–Kier alpha value is -3.22. The van der Waals surface area contributed by atoms with E-state index in [1.807, 2.05) is 63.2 Å². The second kappa shape index (κ2) is 14.5. The highest BCUT2D eigenvalue weighted by Crippen LogP contribution is 2.29. The lowest BCUT2D eigenvalue weighted by atomic mass is 10.0. The zero-order chi connectivity index (χ0) is 26.6. The molecule has 2 aromatic carbocycles. The molecule has 37 heavy (non-hydrogen) atoms. The largest absolute Gasteiger partial charge is 0.497 e. The van der Waals surface area contributed by atoms with Crippen LogP contribution in [0.15, 0.2) is 42.5 Å². The van der Waals surface area contributed by atoms with Gasteiger partial charge in [-0.05, 0) is 74.9 Å². The Morgan fingerprint density at radius 1 is 0.946 bits per heavy atom. The first-order valence-corrected chi connectivity index (χ1v) is 13.6. The minimum Gasteiger partial charge on any atom is -0.497 e. The fraction of sp³-hybridized carbons (Fsp3) is 0.533. The van der Waals surface area contributed by atoms with Crippen molar-refractivity contribution in [3.05, 3.63) is 53.6 Å². The summed E-state index contributed by atoms with van der Waals surface area (Å²) in [5.41, 5.74) is 1.95. The molecular formula is C30H42N2O5. The van der Waals surface area contributed by atoms with Crippen molar-refractivity contribution in [2.24, 2.45) is 0 Å². The molecule has 1 fully saturated rings. The van der Waals surface area contributed by atoms with Gasteiger partial charge in [0.15, 0.2) is 11.5 Å². The van der Waals surface area contributed by atoms with Gasteiger partial charge in [-0.25, -0.2) is 0 Å². The maximum absolute atomic E-state index is 13.6. The molecule has 1 atom stereocenters. The number of carbonyl (C=O) groups excluding carboxylic acids is 2. The normalized spacial score (nSPS) is 14.2. The lowest BCUT2D eigenvalue weighted by Crippen LogP contribution is -2.51. The summed E-state index contributed by atoms with van der Waals surface area (Å²) in [5, 5.41) is 3.20. The molecule has 1 aliphatic rings. The molecule has 1 N–H and O–H groups in total. The molecule has 7 heteroatoms. The van der Waals surface area contributed by atoms with Crippen LogP contribution in [0, 0.1) is 0 Å². The van der Waals surface area contributed by atoms with E-state index in [1.165, 1.54) is 0 Å². The second-order valence-electron chi connectivity index (χ2n) is 9.43. The number of ether oxygens (including phenoxy) is 3. The van der Waals surface area contributed by atoms with Crippen LogP contribution in [0.5, 0.6) is 17.2 Å². The van der Waals surface area contributed by atoms with Gasteiger partial charge in [-0.2, -0.15) is 0 Å². The molecule has 2 aromatic rings. The number of nitrogens with zero attached hydrogens (tertiary/aromatic N) is 1. The molecule has 0 bridgehead atoms. The summed E-state index contributed by atoms with van der Waals surface area (Å²) in [4.78, 5) is 28.7. The zero-order valence-corrected chi connectivity index (χ0v) is 22.8. The van der Waals surface area contributed by atoms with Gasteiger partial charge in [0.2, 0.25) is 11.8 Å². The van der Waals surface area contributed by atoms with Gasteiger partial charge in [0.25, 0.3) is 0 Å². The standard InChI is InChI=1S/C30H42N2O5/c1-5-26(30(34)31-24-10-8-9-11-24)32(21-23-12-16-25(35-4)17-13-23)29(33)19-15-22-14-18-27(36-6-2)28(20-22)37-7-3/h12-14,16-18,20,24,26H,5-11,15,19,21H2,1-4H3,(H,31,34)/t26-/m1/s1. The number of benzene rings is 2. The Morgan fingerprint density at radius 2 is 1.59 bits per heavy atom. The summed E-state index contributed by atoms with van der Waals surface area (Å²) in [6, 6.07) is 13.2. The van der Waals surface area contributed by atoms with E-state index >= 15 is 0 Å². The third-order valence-corrected chi connectivity index (χ3v) is 6.83. The molecular weight excluding hydrogens is 468 g/mol. The Balaban J connectivity index is 1.77. The van der Waals surface area contributed by atoms with Crippen molar-refractivity contribution in [2.75, 3.05) is 20.3 Å². The molecule has 0 spiro atoms. The van der Waals surface area contributed by atoms with E-state index in [4.69, 9.17) is 14.2 Å². The minimum atomic E-state index is -0.519. The fourth-order valence-corrected chi connectivity index (χ4v) is 4.86.